The molecule has 1 saturated heterocycles. The smallest absolute Gasteiger partial charge is 0.410 e. The quantitative estimate of drug-likeness (QED) is 0.944. The average Bonchev–Trinajstić information content (AvgIpc) is 2.54. The first kappa shape index (κ1) is 14.6. The second kappa shape index (κ2) is 6.62. The number of hydrogen-bond donors (Lipinski definition) is 1. The van der Waals surface area contributed by atoms with E-state index in [1.807, 2.05) is 60.7 Å². The third-order valence-corrected chi connectivity index (χ3v) is 4.11. The molecule has 1 aliphatic heterocycles. The minimum Gasteiger partial charge on any atom is -0.445 e. The van der Waals surface area contributed by atoms with Crippen molar-refractivity contribution in [1.82, 2.24) is 4.90 Å². The number of likely N-dealkylation sites (tertiary alicyclic amines) is 1. The van der Waals surface area contributed by atoms with Gasteiger partial charge in [-0.3, -0.25) is 0 Å². The van der Waals surface area contributed by atoms with E-state index < -0.39 is 0 Å². The molecule has 0 aliphatic carbocycles. The molecule has 1 amide bonds. The number of aliphatic hydroxyl groups excluding tert-OH is 1. The van der Waals surface area contributed by atoms with Gasteiger partial charge in [-0.1, -0.05) is 60.7 Å². The summed E-state index contributed by atoms with van der Waals surface area (Å²) in [5, 5.41) is 9.57. The van der Waals surface area contributed by atoms with E-state index in [4.69, 9.17) is 4.74 Å². The molecule has 1 aliphatic rings. The van der Waals surface area contributed by atoms with Gasteiger partial charge in [0.15, 0.2) is 0 Å². The third-order valence-electron chi connectivity index (χ3n) is 4.11. The summed E-state index contributed by atoms with van der Waals surface area (Å²) in [6.07, 6.45) is -0.366. The van der Waals surface area contributed by atoms with Gasteiger partial charge in [0.1, 0.15) is 6.61 Å². The molecule has 0 unspecified atom stereocenters. The van der Waals surface area contributed by atoms with E-state index in [2.05, 4.69) is 0 Å². The maximum absolute atomic E-state index is 12.1. The summed E-state index contributed by atoms with van der Waals surface area (Å²) < 4.78 is 5.32. The number of rotatable bonds is 4. The molecule has 2 aromatic carbocycles. The van der Waals surface area contributed by atoms with Crippen molar-refractivity contribution in [2.75, 3.05) is 13.2 Å². The lowest BCUT2D eigenvalue weighted by atomic mass is 9.83. The molecular weight excluding hydrogens is 278 g/mol. The van der Waals surface area contributed by atoms with Crippen LogP contribution in [0.2, 0.25) is 0 Å². The highest BCUT2D eigenvalue weighted by molar-refractivity contribution is 5.70. The number of carbonyl (C=O) groups is 1. The molecule has 0 radical (unpaired) electrons. The summed E-state index contributed by atoms with van der Waals surface area (Å²) in [6, 6.07) is 19.3. The molecule has 4 heteroatoms. The van der Waals surface area contributed by atoms with E-state index in [-0.39, 0.29) is 31.3 Å². The van der Waals surface area contributed by atoms with Crippen LogP contribution in [0.25, 0.3) is 0 Å². The van der Waals surface area contributed by atoms with Crippen LogP contribution in [0.4, 0.5) is 4.79 Å². The van der Waals surface area contributed by atoms with Gasteiger partial charge in [0.25, 0.3) is 0 Å². The Kier molecular flexibility index (Phi) is 4.39. The van der Waals surface area contributed by atoms with Crippen molar-refractivity contribution in [2.24, 2.45) is 0 Å². The lowest BCUT2D eigenvalue weighted by Gasteiger charge is -2.46. The van der Waals surface area contributed by atoms with Crippen LogP contribution in [0.15, 0.2) is 60.7 Å². The molecule has 0 spiro atoms. The molecule has 3 rings (SSSR count). The van der Waals surface area contributed by atoms with E-state index in [1.54, 1.807) is 4.90 Å². The number of hydrogen-bond acceptors (Lipinski definition) is 3. The molecule has 4 nitrogen and oxygen atoms in total. The van der Waals surface area contributed by atoms with Crippen LogP contribution in [-0.4, -0.2) is 35.3 Å². The number of ether oxygens (including phenoxy) is 1. The Balaban J connectivity index is 1.58. The SMILES string of the molecule is O=C(OCc1ccccc1)N1C[C@H](c2ccccc2)[C@H]1CO. The topological polar surface area (TPSA) is 49.8 Å². The van der Waals surface area contributed by atoms with Crippen LogP contribution in [0, 0.1) is 0 Å². The first-order valence-electron chi connectivity index (χ1n) is 7.42. The van der Waals surface area contributed by atoms with Crippen molar-refractivity contribution in [3.8, 4) is 0 Å². The molecule has 1 fully saturated rings. The van der Waals surface area contributed by atoms with Crippen molar-refractivity contribution < 1.29 is 14.6 Å². The van der Waals surface area contributed by atoms with Crippen molar-refractivity contribution in [2.45, 2.75) is 18.6 Å². The minimum absolute atomic E-state index is 0.0556. The lowest BCUT2D eigenvalue weighted by Crippen LogP contribution is -2.58. The maximum Gasteiger partial charge on any atom is 0.410 e. The second-order valence-electron chi connectivity index (χ2n) is 5.46. The molecular formula is C18H19NO3. The van der Waals surface area contributed by atoms with Crippen molar-refractivity contribution in [3.63, 3.8) is 0 Å². The molecule has 1 heterocycles. The van der Waals surface area contributed by atoms with E-state index >= 15 is 0 Å². The first-order chi connectivity index (χ1) is 10.8. The largest absolute Gasteiger partial charge is 0.445 e. The third kappa shape index (κ3) is 2.97. The zero-order chi connectivity index (χ0) is 15.4. The fourth-order valence-corrected chi connectivity index (χ4v) is 2.81. The van der Waals surface area contributed by atoms with Crippen molar-refractivity contribution in [3.05, 3.63) is 71.8 Å². The predicted molar refractivity (Wildman–Crippen MR) is 83.4 cm³/mol. The van der Waals surface area contributed by atoms with Crippen LogP contribution < -0.4 is 0 Å². The fraction of sp³-hybridized carbons (Fsp3) is 0.278. The minimum atomic E-state index is -0.366. The van der Waals surface area contributed by atoms with Crippen LogP contribution in [0.5, 0.6) is 0 Å². The summed E-state index contributed by atoms with van der Waals surface area (Å²) >= 11 is 0. The molecule has 22 heavy (non-hydrogen) atoms. The van der Waals surface area contributed by atoms with Crippen LogP contribution in [-0.2, 0) is 11.3 Å². The summed E-state index contributed by atoms with van der Waals surface area (Å²) in [6.45, 7) is 0.785. The lowest BCUT2D eigenvalue weighted by molar-refractivity contribution is 0.00523. The molecule has 114 valence electrons. The maximum atomic E-state index is 12.1. The van der Waals surface area contributed by atoms with Gasteiger partial charge in [-0.05, 0) is 11.1 Å². The van der Waals surface area contributed by atoms with Crippen molar-refractivity contribution in [1.29, 1.82) is 0 Å². The Morgan fingerprint density at radius 2 is 1.73 bits per heavy atom. The average molecular weight is 297 g/mol. The van der Waals surface area contributed by atoms with Gasteiger partial charge in [-0.2, -0.15) is 0 Å². The number of carbonyl (C=O) groups excluding carboxylic acids is 1. The zero-order valence-corrected chi connectivity index (χ0v) is 12.3. The molecule has 0 aromatic heterocycles. The summed E-state index contributed by atoms with van der Waals surface area (Å²) in [7, 11) is 0. The Labute approximate surface area is 130 Å². The fourth-order valence-electron chi connectivity index (χ4n) is 2.81. The Bertz CT molecular complexity index is 615. The summed E-state index contributed by atoms with van der Waals surface area (Å²) in [4.78, 5) is 13.7. The monoisotopic (exact) mass is 297 g/mol. The van der Waals surface area contributed by atoms with Gasteiger partial charge in [0.2, 0.25) is 0 Å². The highest BCUT2D eigenvalue weighted by Crippen LogP contribution is 2.34. The van der Waals surface area contributed by atoms with E-state index in [0.717, 1.165) is 11.1 Å². The standard InChI is InChI=1S/C18H19NO3/c20-12-17-16(15-9-5-2-6-10-15)11-19(17)18(21)22-13-14-7-3-1-4-8-14/h1-10,16-17,20H,11-13H2/t16-,17-/m1/s1. The second-order valence-corrected chi connectivity index (χ2v) is 5.46. The molecule has 2 aromatic rings. The Morgan fingerprint density at radius 3 is 2.36 bits per heavy atom. The van der Waals surface area contributed by atoms with Gasteiger partial charge >= 0.3 is 6.09 Å². The Morgan fingerprint density at radius 1 is 1.09 bits per heavy atom. The van der Waals surface area contributed by atoms with E-state index in [9.17, 15) is 9.90 Å². The van der Waals surface area contributed by atoms with Crippen LogP contribution >= 0.6 is 0 Å². The van der Waals surface area contributed by atoms with Gasteiger partial charge in [-0.25, -0.2) is 4.79 Å². The highest BCUT2D eigenvalue weighted by atomic mass is 16.6. The molecule has 0 bridgehead atoms. The summed E-state index contributed by atoms with van der Waals surface area (Å²) in [5.74, 6) is 0.176. The van der Waals surface area contributed by atoms with Gasteiger partial charge in [-0.15, -0.1) is 0 Å². The molecule has 1 N–H and O–H groups in total. The first-order valence-corrected chi connectivity index (χ1v) is 7.42. The molecule has 0 saturated carbocycles. The van der Waals surface area contributed by atoms with Crippen LogP contribution in [0.1, 0.15) is 17.0 Å². The molecule has 2 atom stereocenters. The zero-order valence-electron chi connectivity index (χ0n) is 12.3. The summed E-state index contributed by atoms with van der Waals surface area (Å²) in [5.41, 5.74) is 2.10. The van der Waals surface area contributed by atoms with Crippen molar-refractivity contribution >= 4 is 6.09 Å². The van der Waals surface area contributed by atoms with Crippen LogP contribution in [0.3, 0.4) is 0 Å². The predicted octanol–water partition coefficient (Wildman–Crippen LogP) is 2.78. The van der Waals surface area contributed by atoms with Gasteiger partial charge in [0.05, 0.1) is 12.6 Å². The van der Waals surface area contributed by atoms with Gasteiger partial charge in [0, 0.05) is 12.5 Å². The van der Waals surface area contributed by atoms with E-state index in [0.29, 0.717) is 6.54 Å². The van der Waals surface area contributed by atoms with E-state index in [1.165, 1.54) is 0 Å². The highest BCUT2D eigenvalue weighted by Gasteiger charge is 2.43. The number of aliphatic hydroxyl groups is 1. The number of amides is 1. The normalized spacial score (nSPS) is 20.3. The number of nitrogens with zero attached hydrogens (tertiary/aromatic N) is 1. The van der Waals surface area contributed by atoms with Gasteiger partial charge < -0.3 is 14.7 Å². The number of benzene rings is 2. The Hall–Kier alpha value is -2.33.